The predicted molar refractivity (Wildman–Crippen MR) is 65.7 cm³/mol. The first-order valence-corrected chi connectivity index (χ1v) is 6.31. The van der Waals surface area contributed by atoms with Crippen molar-refractivity contribution in [3.05, 3.63) is 24.8 Å². The van der Waals surface area contributed by atoms with E-state index in [-0.39, 0.29) is 18.7 Å². The van der Waals surface area contributed by atoms with Crippen LogP contribution in [0.15, 0.2) is 24.8 Å². The maximum absolute atomic E-state index is 11.5. The van der Waals surface area contributed by atoms with Gasteiger partial charge in [0.2, 0.25) is 5.91 Å². The van der Waals surface area contributed by atoms with Crippen LogP contribution in [0.25, 0.3) is 0 Å². The van der Waals surface area contributed by atoms with Crippen LogP contribution in [0, 0.1) is 0 Å². The molecule has 5 heteroatoms. The van der Waals surface area contributed by atoms with Crippen LogP contribution in [0.4, 0.5) is 0 Å². The van der Waals surface area contributed by atoms with Gasteiger partial charge in [0, 0.05) is 5.57 Å². The molecule has 0 fully saturated rings. The summed E-state index contributed by atoms with van der Waals surface area (Å²) >= 11 is 0. The minimum absolute atomic E-state index is 0.239. The molecule has 0 bridgehead atoms. The first-order chi connectivity index (χ1) is 7.28. The molecule has 0 heterocycles. The van der Waals surface area contributed by atoms with Crippen molar-refractivity contribution in [3.63, 3.8) is 0 Å². The molecule has 1 atom stereocenters. The summed E-state index contributed by atoms with van der Waals surface area (Å²) in [4.78, 5) is 11.4. The highest BCUT2D eigenvalue weighted by Gasteiger charge is 2.32. The largest absolute Gasteiger partial charge is 0.510 e. The molecule has 0 aliphatic carbocycles. The number of rotatable bonds is 7. The van der Waals surface area contributed by atoms with E-state index in [0.29, 0.717) is 5.57 Å². The van der Waals surface area contributed by atoms with Gasteiger partial charge in [-0.15, -0.1) is 11.1 Å². The van der Waals surface area contributed by atoms with Crippen molar-refractivity contribution in [2.75, 3.05) is 12.8 Å². The third-order valence-electron chi connectivity index (χ3n) is 1.70. The van der Waals surface area contributed by atoms with E-state index < -0.39 is 13.6 Å². The van der Waals surface area contributed by atoms with E-state index in [1.165, 1.54) is 6.08 Å². The summed E-state index contributed by atoms with van der Waals surface area (Å²) in [5, 5.41) is 2.73. The monoisotopic (exact) mass is 244 g/mol. The molecule has 16 heavy (non-hydrogen) atoms. The zero-order valence-corrected chi connectivity index (χ0v) is 11.0. The van der Waals surface area contributed by atoms with E-state index in [4.69, 9.17) is 4.52 Å². The van der Waals surface area contributed by atoms with Gasteiger partial charge < -0.3 is 5.32 Å². The van der Waals surface area contributed by atoms with Crippen LogP contribution < -0.4 is 5.32 Å². The summed E-state index contributed by atoms with van der Waals surface area (Å²) in [5.74, 6) is -0.239. The number of nitrogens with one attached hydrogen (secondary N) is 1. The van der Waals surface area contributed by atoms with E-state index >= 15 is 0 Å². The lowest BCUT2D eigenvalue weighted by atomic mass is 10.1. The standard InChI is InChI=1S/C11H18NO3P/c1-6-7-15-16(14)8-11(4,5)12-10(13)9(2)3/h6H,1-2,7-8H2,3-5H3/p+1. The average Bonchev–Trinajstić information content (AvgIpc) is 2.12. The maximum Gasteiger partial charge on any atom is 0.510 e. The smallest absolute Gasteiger partial charge is 0.343 e. The SMILES string of the molecule is C=CCO[P+](=O)CC(C)(C)NC(=O)C(=C)C. The molecular formula is C11H19NO3P+. The Balaban J connectivity index is 4.23. The predicted octanol–water partition coefficient (Wildman–Crippen LogP) is 2.40. The Morgan fingerprint density at radius 3 is 2.56 bits per heavy atom. The third kappa shape index (κ3) is 6.49. The quantitative estimate of drug-likeness (QED) is 0.425. The Morgan fingerprint density at radius 1 is 1.56 bits per heavy atom. The van der Waals surface area contributed by atoms with E-state index in [2.05, 4.69) is 18.5 Å². The van der Waals surface area contributed by atoms with Gasteiger partial charge >= 0.3 is 8.03 Å². The van der Waals surface area contributed by atoms with E-state index in [1.807, 2.05) is 0 Å². The molecule has 0 radical (unpaired) electrons. The molecular weight excluding hydrogens is 225 g/mol. The molecule has 1 unspecified atom stereocenters. The normalized spacial score (nSPS) is 11.8. The van der Waals surface area contributed by atoms with Crippen molar-refractivity contribution in [1.82, 2.24) is 5.32 Å². The van der Waals surface area contributed by atoms with Gasteiger partial charge in [0.1, 0.15) is 6.61 Å². The minimum Gasteiger partial charge on any atom is -0.343 e. The van der Waals surface area contributed by atoms with Gasteiger partial charge in [0.15, 0.2) is 6.16 Å². The summed E-state index contributed by atoms with van der Waals surface area (Å²) in [5.41, 5.74) is -0.152. The number of hydrogen-bond acceptors (Lipinski definition) is 3. The Bertz CT molecular complexity index is 310. The highest BCUT2D eigenvalue weighted by Crippen LogP contribution is 2.27. The fourth-order valence-electron chi connectivity index (χ4n) is 0.958. The Labute approximate surface area is 97.6 Å². The lowest BCUT2D eigenvalue weighted by molar-refractivity contribution is -0.118. The number of amides is 1. The fraction of sp³-hybridized carbons (Fsp3) is 0.545. The van der Waals surface area contributed by atoms with E-state index in [9.17, 15) is 9.36 Å². The second-order valence-corrected chi connectivity index (χ2v) is 5.43. The maximum atomic E-state index is 11.5. The molecule has 4 nitrogen and oxygen atoms in total. The first kappa shape index (κ1) is 15.0. The second kappa shape index (κ2) is 6.56. The van der Waals surface area contributed by atoms with Crippen LogP contribution in [-0.2, 0) is 13.9 Å². The zero-order chi connectivity index (χ0) is 12.8. The summed E-state index contributed by atoms with van der Waals surface area (Å²) < 4.78 is 16.5. The van der Waals surface area contributed by atoms with Crippen molar-refractivity contribution >= 4 is 13.9 Å². The van der Waals surface area contributed by atoms with Gasteiger partial charge in [-0.05, 0) is 25.3 Å². The van der Waals surface area contributed by atoms with Crippen LogP contribution in [0.2, 0.25) is 0 Å². The topological polar surface area (TPSA) is 55.4 Å². The van der Waals surface area contributed by atoms with Gasteiger partial charge in [0.25, 0.3) is 0 Å². The first-order valence-electron chi connectivity index (χ1n) is 4.95. The summed E-state index contributed by atoms with van der Waals surface area (Å²) in [6.07, 6.45) is 1.79. The van der Waals surface area contributed by atoms with Gasteiger partial charge in [-0.3, -0.25) is 4.79 Å². The molecule has 0 rings (SSSR count). The van der Waals surface area contributed by atoms with Crippen LogP contribution in [-0.4, -0.2) is 24.2 Å². The third-order valence-corrected chi connectivity index (χ3v) is 3.19. The lowest BCUT2D eigenvalue weighted by Crippen LogP contribution is -2.45. The van der Waals surface area contributed by atoms with Crippen molar-refractivity contribution in [1.29, 1.82) is 0 Å². The van der Waals surface area contributed by atoms with Crippen molar-refractivity contribution in [2.45, 2.75) is 26.3 Å². The molecule has 0 saturated carbocycles. The highest BCUT2D eigenvalue weighted by atomic mass is 31.1. The van der Waals surface area contributed by atoms with Crippen LogP contribution >= 0.6 is 8.03 Å². The molecule has 0 aromatic heterocycles. The molecule has 1 N–H and O–H groups in total. The average molecular weight is 244 g/mol. The van der Waals surface area contributed by atoms with Crippen molar-refractivity contribution in [3.8, 4) is 0 Å². The number of carbonyl (C=O) groups excluding carboxylic acids is 1. The molecule has 0 spiro atoms. The van der Waals surface area contributed by atoms with Gasteiger partial charge in [-0.2, -0.15) is 0 Å². The molecule has 90 valence electrons. The Hall–Kier alpha value is -0.990. The van der Waals surface area contributed by atoms with E-state index in [0.717, 1.165) is 0 Å². The summed E-state index contributed by atoms with van der Waals surface area (Å²) in [6.45, 7) is 12.5. The van der Waals surface area contributed by atoms with E-state index in [1.54, 1.807) is 20.8 Å². The van der Waals surface area contributed by atoms with Gasteiger partial charge in [-0.25, -0.2) is 0 Å². The molecule has 0 aromatic carbocycles. The molecule has 0 saturated heterocycles. The number of hydrogen-bond donors (Lipinski definition) is 1. The van der Waals surface area contributed by atoms with Crippen molar-refractivity contribution in [2.24, 2.45) is 0 Å². The number of carbonyl (C=O) groups is 1. The molecule has 0 aliphatic rings. The molecule has 0 aromatic rings. The van der Waals surface area contributed by atoms with Crippen LogP contribution in [0.1, 0.15) is 20.8 Å². The van der Waals surface area contributed by atoms with Gasteiger partial charge in [-0.1, -0.05) is 12.7 Å². The molecule has 0 aliphatic heterocycles. The minimum atomic E-state index is -1.79. The summed E-state index contributed by atoms with van der Waals surface area (Å²) in [7, 11) is -1.79. The second-order valence-electron chi connectivity index (χ2n) is 4.19. The zero-order valence-electron chi connectivity index (χ0n) is 10.1. The fourth-order valence-corrected chi connectivity index (χ4v) is 2.05. The lowest BCUT2D eigenvalue weighted by Gasteiger charge is -2.20. The Kier molecular flexibility index (Phi) is 6.16. The van der Waals surface area contributed by atoms with Crippen LogP contribution in [0.5, 0.6) is 0 Å². The highest BCUT2D eigenvalue weighted by molar-refractivity contribution is 7.39. The van der Waals surface area contributed by atoms with Gasteiger partial charge in [0.05, 0.1) is 5.54 Å². The summed E-state index contributed by atoms with van der Waals surface area (Å²) in [6, 6.07) is 0. The molecule has 1 amide bonds. The Morgan fingerprint density at radius 2 is 2.12 bits per heavy atom. The van der Waals surface area contributed by atoms with Crippen molar-refractivity contribution < 1.29 is 13.9 Å². The van der Waals surface area contributed by atoms with Crippen LogP contribution in [0.3, 0.4) is 0 Å².